The van der Waals surface area contributed by atoms with Gasteiger partial charge >= 0.3 is 0 Å². The number of nitrogens with one attached hydrogen (secondary N) is 3. The highest BCUT2D eigenvalue weighted by molar-refractivity contribution is 6.04. The van der Waals surface area contributed by atoms with Crippen LogP contribution in [0.25, 0.3) is 0 Å². The molecule has 3 amide bonds. The SMILES string of the molecule is CCC(C(=O)NCCNC(=O)c1ccc(NC(=O)c2ccc(F)cc2)cc1)c1ccccc1. The van der Waals surface area contributed by atoms with Crippen LogP contribution in [0.1, 0.15) is 45.5 Å². The van der Waals surface area contributed by atoms with Crippen molar-refractivity contribution >= 4 is 23.4 Å². The van der Waals surface area contributed by atoms with Gasteiger partial charge in [-0.1, -0.05) is 37.3 Å². The first kappa shape index (κ1) is 23.7. The molecular weight excluding hydrogens is 421 g/mol. The number of amides is 3. The van der Waals surface area contributed by atoms with E-state index in [0.717, 1.165) is 5.56 Å². The van der Waals surface area contributed by atoms with Crippen LogP contribution in [-0.4, -0.2) is 30.8 Å². The van der Waals surface area contributed by atoms with Crippen molar-refractivity contribution in [3.05, 3.63) is 101 Å². The van der Waals surface area contributed by atoms with E-state index >= 15 is 0 Å². The van der Waals surface area contributed by atoms with Crippen molar-refractivity contribution in [1.82, 2.24) is 10.6 Å². The normalized spacial score (nSPS) is 11.3. The van der Waals surface area contributed by atoms with E-state index in [0.29, 0.717) is 36.3 Å². The molecule has 0 bridgehead atoms. The Morgan fingerprint density at radius 1 is 0.758 bits per heavy atom. The summed E-state index contributed by atoms with van der Waals surface area (Å²) >= 11 is 0. The Kier molecular flexibility index (Phi) is 8.30. The van der Waals surface area contributed by atoms with Gasteiger partial charge in [-0.05, 0) is 60.5 Å². The molecule has 3 rings (SSSR count). The predicted molar refractivity (Wildman–Crippen MR) is 126 cm³/mol. The average molecular weight is 448 g/mol. The van der Waals surface area contributed by atoms with Crippen molar-refractivity contribution in [1.29, 1.82) is 0 Å². The molecule has 33 heavy (non-hydrogen) atoms. The topological polar surface area (TPSA) is 87.3 Å². The number of carbonyl (C=O) groups is 3. The molecule has 0 heterocycles. The molecule has 3 N–H and O–H groups in total. The van der Waals surface area contributed by atoms with Crippen molar-refractivity contribution in [3.8, 4) is 0 Å². The van der Waals surface area contributed by atoms with Crippen molar-refractivity contribution in [3.63, 3.8) is 0 Å². The lowest BCUT2D eigenvalue weighted by Gasteiger charge is -2.15. The Morgan fingerprint density at radius 2 is 1.33 bits per heavy atom. The highest BCUT2D eigenvalue weighted by Crippen LogP contribution is 2.19. The lowest BCUT2D eigenvalue weighted by molar-refractivity contribution is -0.122. The molecule has 3 aromatic rings. The van der Waals surface area contributed by atoms with Gasteiger partial charge in [-0.3, -0.25) is 14.4 Å². The molecular formula is C26H26FN3O3. The van der Waals surface area contributed by atoms with Crippen LogP contribution in [0.15, 0.2) is 78.9 Å². The molecule has 0 aromatic heterocycles. The molecule has 1 unspecified atom stereocenters. The fourth-order valence-electron chi connectivity index (χ4n) is 3.35. The van der Waals surface area contributed by atoms with E-state index in [-0.39, 0.29) is 23.6 Å². The summed E-state index contributed by atoms with van der Waals surface area (Å²) in [5, 5.41) is 8.33. The van der Waals surface area contributed by atoms with Crippen molar-refractivity contribution in [2.75, 3.05) is 18.4 Å². The van der Waals surface area contributed by atoms with E-state index in [1.54, 1.807) is 24.3 Å². The number of hydrogen-bond acceptors (Lipinski definition) is 3. The molecule has 1 atom stereocenters. The third-order valence-electron chi connectivity index (χ3n) is 5.15. The Balaban J connectivity index is 1.44. The molecule has 0 aliphatic carbocycles. The molecule has 0 spiro atoms. The molecule has 3 aromatic carbocycles. The highest BCUT2D eigenvalue weighted by atomic mass is 19.1. The average Bonchev–Trinajstić information content (AvgIpc) is 2.83. The van der Waals surface area contributed by atoms with Crippen LogP contribution in [-0.2, 0) is 4.79 Å². The van der Waals surface area contributed by atoms with E-state index in [1.165, 1.54) is 24.3 Å². The van der Waals surface area contributed by atoms with Gasteiger partial charge < -0.3 is 16.0 Å². The minimum absolute atomic E-state index is 0.0702. The Hall–Kier alpha value is -4.00. The zero-order valence-corrected chi connectivity index (χ0v) is 18.3. The third-order valence-corrected chi connectivity index (χ3v) is 5.15. The summed E-state index contributed by atoms with van der Waals surface area (Å²) in [5.74, 6) is -1.36. The van der Waals surface area contributed by atoms with Crippen LogP contribution < -0.4 is 16.0 Å². The van der Waals surface area contributed by atoms with E-state index in [2.05, 4.69) is 16.0 Å². The van der Waals surface area contributed by atoms with Crippen LogP contribution >= 0.6 is 0 Å². The van der Waals surface area contributed by atoms with Crippen LogP contribution in [0.5, 0.6) is 0 Å². The van der Waals surface area contributed by atoms with Gasteiger partial charge in [-0.25, -0.2) is 4.39 Å². The summed E-state index contributed by atoms with van der Waals surface area (Å²) in [5.41, 5.74) is 2.24. The first-order chi connectivity index (χ1) is 16.0. The first-order valence-electron chi connectivity index (χ1n) is 10.8. The zero-order chi connectivity index (χ0) is 23.6. The summed E-state index contributed by atoms with van der Waals surface area (Å²) in [4.78, 5) is 37.0. The number of halogens is 1. The fraction of sp³-hybridized carbons (Fsp3) is 0.192. The van der Waals surface area contributed by atoms with Gasteiger partial charge in [-0.15, -0.1) is 0 Å². The summed E-state index contributed by atoms with van der Waals surface area (Å²) in [6.45, 7) is 2.57. The maximum absolute atomic E-state index is 13.0. The first-order valence-corrected chi connectivity index (χ1v) is 10.8. The maximum atomic E-state index is 13.0. The molecule has 0 aliphatic rings. The molecule has 0 saturated carbocycles. The maximum Gasteiger partial charge on any atom is 0.255 e. The molecule has 170 valence electrons. The second kappa shape index (κ2) is 11.6. The summed E-state index contributed by atoms with van der Waals surface area (Å²) in [6, 6.07) is 21.2. The highest BCUT2D eigenvalue weighted by Gasteiger charge is 2.17. The van der Waals surface area contributed by atoms with E-state index in [1.807, 2.05) is 37.3 Å². The largest absolute Gasteiger partial charge is 0.354 e. The van der Waals surface area contributed by atoms with Crippen LogP contribution in [0.3, 0.4) is 0 Å². The minimum atomic E-state index is -0.414. The monoisotopic (exact) mass is 447 g/mol. The molecule has 6 nitrogen and oxygen atoms in total. The summed E-state index contributed by atoms with van der Waals surface area (Å²) < 4.78 is 13.0. The predicted octanol–water partition coefficient (Wildman–Crippen LogP) is 4.12. The van der Waals surface area contributed by atoms with Crippen molar-refractivity contribution in [2.24, 2.45) is 0 Å². The Labute approximate surface area is 192 Å². The number of rotatable bonds is 9. The third kappa shape index (κ3) is 6.74. The molecule has 0 fully saturated rings. The second-order valence-electron chi connectivity index (χ2n) is 7.46. The summed E-state index contributed by atoms with van der Waals surface area (Å²) in [6.07, 6.45) is 0.687. The van der Waals surface area contributed by atoms with Gasteiger partial charge in [0.15, 0.2) is 0 Å². The lowest BCUT2D eigenvalue weighted by Crippen LogP contribution is -2.36. The quantitative estimate of drug-likeness (QED) is 0.431. The molecule has 0 aliphatic heterocycles. The number of hydrogen-bond donors (Lipinski definition) is 3. The van der Waals surface area contributed by atoms with Gasteiger partial charge in [-0.2, -0.15) is 0 Å². The van der Waals surface area contributed by atoms with Gasteiger partial charge in [0.05, 0.1) is 5.92 Å². The van der Waals surface area contributed by atoms with E-state index in [9.17, 15) is 18.8 Å². The van der Waals surface area contributed by atoms with Crippen LogP contribution in [0.4, 0.5) is 10.1 Å². The van der Waals surface area contributed by atoms with Gasteiger partial charge in [0, 0.05) is 29.9 Å². The number of carbonyl (C=O) groups excluding carboxylic acids is 3. The second-order valence-corrected chi connectivity index (χ2v) is 7.46. The molecule has 7 heteroatoms. The van der Waals surface area contributed by atoms with Gasteiger partial charge in [0.2, 0.25) is 5.91 Å². The molecule has 0 radical (unpaired) electrons. The smallest absolute Gasteiger partial charge is 0.255 e. The Morgan fingerprint density at radius 3 is 1.97 bits per heavy atom. The molecule has 0 saturated heterocycles. The van der Waals surface area contributed by atoms with Gasteiger partial charge in [0.1, 0.15) is 5.82 Å². The zero-order valence-electron chi connectivity index (χ0n) is 18.3. The van der Waals surface area contributed by atoms with E-state index < -0.39 is 5.82 Å². The minimum Gasteiger partial charge on any atom is -0.354 e. The van der Waals surface area contributed by atoms with E-state index in [4.69, 9.17) is 0 Å². The fourth-order valence-corrected chi connectivity index (χ4v) is 3.35. The lowest BCUT2D eigenvalue weighted by atomic mass is 9.96. The Bertz CT molecular complexity index is 1080. The van der Waals surface area contributed by atoms with Crippen molar-refractivity contribution in [2.45, 2.75) is 19.3 Å². The number of anilines is 1. The van der Waals surface area contributed by atoms with Gasteiger partial charge in [0.25, 0.3) is 11.8 Å². The van der Waals surface area contributed by atoms with Crippen molar-refractivity contribution < 1.29 is 18.8 Å². The standard InChI is InChI=1S/C26H26FN3O3/c1-2-23(18-6-4-3-5-7-18)26(33)29-17-16-28-24(31)19-10-14-22(15-11-19)30-25(32)20-8-12-21(27)13-9-20/h3-15,23H,2,16-17H2,1H3,(H,28,31)(H,29,33)(H,30,32). The number of benzene rings is 3. The summed E-state index contributed by atoms with van der Waals surface area (Å²) in [7, 11) is 0. The van der Waals surface area contributed by atoms with Crippen LogP contribution in [0.2, 0.25) is 0 Å². The van der Waals surface area contributed by atoms with Crippen LogP contribution in [0, 0.1) is 5.82 Å².